The molecule has 0 fully saturated rings. The van der Waals surface area contributed by atoms with Crippen LogP contribution < -0.4 is 0 Å². The molecule has 0 unspecified atom stereocenters. The normalized spacial score (nSPS) is 12.8. The van der Waals surface area contributed by atoms with E-state index in [-0.39, 0.29) is 6.42 Å². The molecule has 98 valence electrons. The molecule has 0 rings (SSSR count). The van der Waals surface area contributed by atoms with Crippen LogP contribution >= 0.6 is 0 Å². The summed E-state index contributed by atoms with van der Waals surface area (Å²) in [6, 6.07) is 0. The summed E-state index contributed by atoms with van der Waals surface area (Å²) in [5, 5.41) is 8.76. The number of carboxylic acid groups (broad SMARTS) is 1. The number of quaternary nitrogens is 1. The zero-order valence-corrected chi connectivity index (χ0v) is 11.2. The molecule has 0 aliphatic heterocycles. The number of aliphatic carboxylic acids is 1. The van der Waals surface area contributed by atoms with Crippen molar-refractivity contribution in [1.29, 1.82) is 0 Å². The fourth-order valence-corrected chi connectivity index (χ4v) is 1.38. The van der Waals surface area contributed by atoms with Gasteiger partial charge in [0.15, 0.2) is 6.10 Å². The summed E-state index contributed by atoms with van der Waals surface area (Å²) in [6.45, 7) is 4.04. The molecule has 5 nitrogen and oxygen atoms in total. The van der Waals surface area contributed by atoms with Crippen molar-refractivity contribution in [3.05, 3.63) is 11.6 Å². The van der Waals surface area contributed by atoms with E-state index in [0.29, 0.717) is 11.0 Å². The Balaban J connectivity index is 4.54. The standard InChI is InChI=1S/C12H21NO4/c1-9(2)6-12(16)17-10(7-11(14)15)8-13(3,4)5/h6,10H,7-8H2,1-5H3/p+1/t10-/m1/s1. The zero-order chi connectivity index (χ0) is 13.6. The Morgan fingerprint density at radius 2 is 1.82 bits per heavy atom. The van der Waals surface area contributed by atoms with Gasteiger partial charge in [-0.15, -0.1) is 0 Å². The topological polar surface area (TPSA) is 63.6 Å². The predicted octanol–water partition coefficient (Wildman–Crippen LogP) is 1.05. The van der Waals surface area contributed by atoms with Gasteiger partial charge in [0, 0.05) is 6.08 Å². The fourth-order valence-electron chi connectivity index (χ4n) is 1.38. The van der Waals surface area contributed by atoms with Gasteiger partial charge in [0.25, 0.3) is 0 Å². The maximum absolute atomic E-state index is 11.4. The molecule has 0 aromatic heterocycles. The molecule has 0 saturated carbocycles. The van der Waals surface area contributed by atoms with Crippen molar-refractivity contribution >= 4 is 11.9 Å². The van der Waals surface area contributed by atoms with Crippen molar-refractivity contribution in [2.45, 2.75) is 26.4 Å². The Morgan fingerprint density at radius 3 is 2.18 bits per heavy atom. The summed E-state index contributed by atoms with van der Waals surface area (Å²) in [5.41, 5.74) is 0.828. The minimum atomic E-state index is -0.964. The van der Waals surface area contributed by atoms with E-state index in [0.717, 1.165) is 5.57 Å². The number of esters is 1. The lowest BCUT2D eigenvalue weighted by Crippen LogP contribution is -2.43. The highest BCUT2D eigenvalue weighted by atomic mass is 16.5. The molecule has 0 aliphatic carbocycles. The first-order valence-corrected chi connectivity index (χ1v) is 5.48. The highest BCUT2D eigenvalue weighted by Gasteiger charge is 2.24. The van der Waals surface area contributed by atoms with E-state index < -0.39 is 18.0 Å². The van der Waals surface area contributed by atoms with Crippen LogP contribution in [-0.4, -0.2) is 55.3 Å². The van der Waals surface area contributed by atoms with E-state index in [1.807, 2.05) is 21.1 Å². The van der Waals surface area contributed by atoms with Crippen LogP contribution in [0.4, 0.5) is 0 Å². The van der Waals surface area contributed by atoms with E-state index in [1.165, 1.54) is 6.08 Å². The Kier molecular flexibility index (Phi) is 5.88. The second-order valence-electron chi connectivity index (χ2n) is 5.35. The van der Waals surface area contributed by atoms with E-state index in [2.05, 4.69) is 0 Å². The van der Waals surface area contributed by atoms with Gasteiger partial charge in [-0.05, 0) is 13.8 Å². The lowest BCUT2D eigenvalue weighted by atomic mass is 10.2. The minimum absolute atomic E-state index is 0.169. The maximum Gasteiger partial charge on any atom is 0.331 e. The molecule has 0 amide bonds. The third-order valence-electron chi connectivity index (χ3n) is 1.84. The summed E-state index contributed by atoms with van der Waals surface area (Å²) in [6.07, 6.45) is 0.596. The van der Waals surface area contributed by atoms with Crippen LogP contribution in [-0.2, 0) is 14.3 Å². The van der Waals surface area contributed by atoms with Crippen LogP contribution in [0.25, 0.3) is 0 Å². The van der Waals surface area contributed by atoms with Crippen LogP contribution in [0.5, 0.6) is 0 Å². The minimum Gasteiger partial charge on any atom is -0.481 e. The SMILES string of the molecule is CC(C)=CC(=O)O[C@H](CC(=O)O)C[N+](C)(C)C. The van der Waals surface area contributed by atoms with Crippen molar-refractivity contribution < 1.29 is 23.9 Å². The molecular weight excluding hydrogens is 222 g/mol. The average Bonchev–Trinajstić information content (AvgIpc) is 1.95. The summed E-state index contributed by atoms with van der Waals surface area (Å²) in [5.74, 6) is -1.45. The van der Waals surface area contributed by atoms with Gasteiger partial charge in [0.1, 0.15) is 6.54 Å². The lowest BCUT2D eigenvalue weighted by molar-refractivity contribution is -0.873. The monoisotopic (exact) mass is 244 g/mol. The van der Waals surface area contributed by atoms with E-state index >= 15 is 0 Å². The molecule has 0 spiro atoms. The maximum atomic E-state index is 11.4. The molecule has 0 aromatic carbocycles. The van der Waals surface area contributed by atoms with Crippen molar-refractivity contribution in [2.24, 2.45) is 0 Å². The van der Waals surface area contributed by atoms with Gasteiger partial charge >= 0.3 is 11.9 Å². The molecule has 0 aliphatic rings. The quantitative estimate of drug-likeness (QED) is 0.431. The number of carbonyl (C=O) groups excluding carboxylic acids is 1. The van der Waals surface area contributed by atoms with E-state index in [1.54, 1.807) is 13.8 Å². The number of carbonyl (C=O) groups is 2. The van der Waals surface area contributed by atoms with Crippen molar-refractivity contribution in [1.82, 2.24) is 0 Å². The Labute approximate surface area is 102 Å². The highest BCUT2D eigenvalue weighted by molar-refractivity contribution is 5.83. The van der Waals surface area contributed by atoms with Gasteiger partial charge in [-0.3, -0.25) is 4.79 Å². The van der Waals surface area contributed by atoms with Gasteiger partial charge in [0.2, 0.25) is 0 Å². The lowest BCUT2D eigenvalue weighted by Gasteiger charge is -2.28. The molecule has 1 N–H and O–H groups in total. The first-order valence-electron chi connectivity index (χ1n) is 5.48. The van der Waals surface area contributed by atoms with Crippen molar-refractivity contribution in [2.75, 3.05) is 27.7 Å². The van der Waals surface area contributed by atoms with Gasteiger partial charge < -0.3 is 14.3 Å². The number of allylic oxidation sites excluding steroid dienone is 1. The molecule has 0 bridgehead atoms. The third kappa shape index (κ3) is 9.56. The molecule has 0 saturated heterocycles. The fraction of sp³-hybridized carbons (Fsp3) is 0.667. The van der Waals surface area contributed by atoms with Crippen LogP contribution in [0.3, 0.4) is 0 Å². The molecule has 17 heavy (non-hydrogen) atoms. The van der Waals surface area contributed by atoms with E-state index in [4.69, 9.17) is 9.84 Å². The average molecular weight is 244 g/mol. The predicted molar refractivity (Wildman–Crippen MR) is 64.5 cm³/mol. The van der Waals surface area contributed by atoms with Gasteiger partial charge in [-0.1, -0.05) is 5.57 Å². The van der Waals surface area contributed by atoms with Gasteiger partial charge in [-0.25, -0.2) is 4.79 Å². The second-order valence-corrected chi connectivity index (χ2v) is 5.35. The highest BCUT2D eigenvalue weighted by Crippen LogP contribution is 2.06. The number of hydrogen-bond acceptors (Lipinski definition) is 3. The van der Waals surface area contributed by atoms with Crippen LogP contribution in [0, 0.1) is 0 Å². The second kappa shape index (κ2) is 6.39. The molecule has 0 radical (unpaired) electrons. The molecule has 5 heteroatoms. The van der Waals surface area contributed by atoms with E-state index in [9.17, 15) is 9.59 Å². The molecule has 1 atom stereocenters. The van der Waals surface area contributed by atoms with Crippen LogP contribution in [0.1, 0.15) is 20.3 Å². The summed E-state index contributed by atoms with van der Waals surface area (Å²) >= 11 is 0. The molecule has 0 heterocycles. The van der Waals surface area contributed by atoms with Crippen molar-refractivity contribution in [3.63, 3.8) is 0 Å². The number of likely N-dealkylation sites (N-methyl/N-ethyl adjacent to an activating group) is 1. The number of rotatable bonds is 6. The van der Waals surface area contributed by atoms with Crippen LogP contribution in [0.15, 0.2) is 11.6 Å². The Hall–Kier alpha value is -1.36. The Bertz CT molecular complexity index is 311. The van der Waals surface area contributed by atoms with Gasteiger partial charge in [0.05, 0.1) is 27.6 Å². The molecular formula is C12H22NO4+. The largest absolute Gasteiger partial charge is 0.481 e. The molecule has 0 aromatic rings. The Morgan fingerprint density at radius 1 is 1.29 bits per heavy atom. The smallest absolute Gasteiger partial charge is 0.331 e. The number of nitrogens with zero attached hydrogens (tertiary/aromatic N) is 1. The van der Waals surface area contributed by atoms with Crippen LogP contribution in [0.2, 0.25) is 0 Å². The summed E-state index contributed by atoms with van der Waals surface area (Å²) in [4.78, 5) is 22.1. The first-order chi connectivity index (χ1) is 7.60. The first kappa shape index (κ1) is 15.6. The zero-order valence-electron chi connectivity index (χ0n) is 11.2. The number of carboxylic acids is 1. The number of hydrogen-bond donors (Lipinski definition) is 1. The summed E-state index contributed by atoms with van der Waals surface area (Å²) < 4.78 is 5.68. The summed E-state index contributed by atoms with van der Waals surface area (Å²) in [7, 11) is 5.76. The van der Waals surface area contributed by atoms with Crippen molar-refractivity contribution in [3.8, 4) is 0 Å². The van der Waals surface area contributed by atoms with Gasteiger partial charge in [-0.2, -0.15) is 0 Å². The number of ether oxygens (including phenoxy) is 1. The third-order valence-corrected chi connectivity index (χ3v) is 1.84.